The van der Waals surface area contributed by atoms with Crippen molar-refractivity contribution < 1.29 is 80.4 Å². The molecular weight excluding hydrogens is 1960 g/mol. The number of aromatic nitrogens is 12. The quantitative estimate of drug-likeness (QED) is 0.128. The maximum atomic E-state index is 9.41. The second-order valence-corrected chi connectivity index (χ2v) is 23.0. The van der Waals surface area contributed by atoms with Gasteiger partial charge in [0.2, 0.25) is 5.82 Å². The van der Waals surface area contributed by atoms with Crippen LogP contribution in [0.2, 0.25) is 0 Å². The topological polar surface area (TPSA) is 164 Å². The Kier molecular flexibility index (Phi) is 27.8. The van der Waals surface area contributed by atoms with Crippen LogP contribution in [0, 0.1) is 145 Å². The van der Waals surface area contributed by atoms with Crippen LogP contribution in [0.1, 0.15) is 72.8 Å². The van der Waals surface area contributed by atoms with Crippen molar-refractivity contribution in [2.24, 2.45) is 0 Å². The van der Waals surface area contributed by atoms with Crippen molar-refractivity contribution in [2.45, 2.75) is 83.1 Å². The summed E-state index contributed by atoms with van der Waals surface area (Å²) in [7, 11) is 0. The first-order valence-electron chi connectivity index (χ1n) is 30.4. The van der Waals surface area contributed by atoms with Crippen molar-refractivity contribution in [3.05, 3.63) is 307 Å². The fraction of sp³-hybridized carbons (Fsp3) is 0.152. The van der Waals surface area contributed by atoms with Crippen molar-refractivity contribution in [3.63, 3.8) is 0 Å². The van der Waals surface area contributed by atoms with Gasteiger partial charge in [-0.1, -0.05) is 108 Å². The average molecular weight is 2020 g/mol. The third-order valence-corrected chi connectivity index (χ3v) is 15.5. The van der Waals surface area contributed by atoms with E-state index in [1.165, 1.54) is 11.1 Å². The minimum Gasteiger partial charge on any atom is -0.395 e. The zero-order valence-electron chi connectivity index (χ0n) is 56.5. The molecule has 13 aromatic rings. The molecule has 4 heterocycles. The zero-order valence-corrected chi connectivity index (χ0v) is 66.1. The second kappa shape index (κ2) is 35.4. The molecule has 0 bridgehead atoms. The van der Waals surface area contributed by atoms with Crippen LogP contribution in [0.5, 0.6) is 0 Å². The molecule has 0 amide bonds. The first-order valence-corrected chi connectivity index (χ1v) is 30.4. The summed E-state index contributed by atoms with van der Waals surface area (Å²) in [5.74, 6) is 3.77. The standard InChI is InChI=1S/C24H19N4.C19H14N5.C19H17N4.C17H13N4.4Ir/c1-16-9-11-20(12-10-16)24-26-22(15-25)27-28(24)23-18(3)13-17(2)14-21(23)19-7-5-4-6-8-19;1-12-9-13(2)17(14(3)10-12)24-18(22-23-19(24)21-5)15-7-6-8-16(11-15)20-4;1-12-9-13(2)18(14(3)10-12)23-19(21-15(4)22-23)16-7-6-8-17(11-16)20-5;1-12-8-7-9-13(2)15(12)21-16(19-20-17(21)18-3)14-10-5-4-6-11-14;;;;/h4-11,13-14H,1-3H3;6,8-11H,1-3H3;6,8-11H,1-4H3;4-10H,1-2H3;;;;/q4*-1;;;;. The molecule has 0 saturated heterocycles. The van der Waals surface area contributed by atoms with E-state index in [1.54, 1.807) is 45.6 Å². The molecule has 0 aliphatic heterocycles. The van der Waals surface area contributed by atoms with Gasteiger partial charge in [-0.2, -0.15) is 22.5 Å². The summed E-state index contributed by atoms with van der Waals surface area (Å²) in [5, 5.41) is 34.9. The van der Waals surface area contributed by atoms with Gasteiger partial charge in [-0.25, -0.2) is 4.98 Å². The molecule has 0 atom stereocenters. The van der Waals surface area contributed by atoms with Gasteiger partial charge >= 0.3 is 11.9 Å². The first-order chi connectivity index (χ1) is 46.3. The average Bonchev–Trinajstić information content (AvgIpc) is 1.55. The van der Waals surface area contributed by atoms with Crippen molar-refractivity contribution in [3.8, 4) is 85.5 Å². The van der Waals surface area contributed by atoms with E-state index in [0.29, 0.717) is 46.1 Å². The first kappa shape index (κ1) is 78.6. The number of para-hydroxylation sites is 1. The molecular formula is C79H63Ir4N17-4. The fourth-order valence-electron chi connectivity index (χ4n) is 11.6. The molecule has 0 unspecified atom stereocenters. The Hall–Kier alpha value is -10.4. The molecule has 9 aromatic carbocycles. The summed E-state index contributed by atoms with van der Waals surface area (Å²) in [6, 6.07) is 67.5. The monoisotopic (exact) mass is 2020 g/mol. The van der Waals surface area contributed by atoms with Gasteiger partial charge in [0, 0.05) is 86.0 Å². The normalized spacial score (nSPS) is 10.0. The molecule has 504 valence electrons. The molecule has 4 aromatic heterocycles. The maximum absolute atomic E-state index is 9.41. The summed E-state index contributed by atoms with van der Waals surface area (Å²) in [5.41, 5.74) is 22.4. The molecule has 100 heavy (non-hydrogen) atoms. The SMILES string of the molecule is Cc1c[c-]c(-c2nc(C#N)nn2-c2c(C)cc(C)cc2-c2ccccc2)cc1.[C-]#[N+]c1cc[c-]c(-c2nc(C)nn2-c2c(C)cc(C)cc2C)c1.[C-]#[N+]c1cc[c-]c(-c2nnc([N+]#[C-])n2-c2c(C)cc(C)cc2C)c1.[C-]#[N+]c1nnc(-c2[c-]cccc2)n1-c1c(C)cccc1C.[Ir].[Ir].[Ir].[Ir]. The van der Waals surface area contributed by atoms with Gasteiger partial charge in [0.05, 0.1) is 47.5 Å². The van der Waals surface area contributed by atoms with Crippen molar-refractivity contribution in [2.75, 3.05) is 0 Å². The van der Waals surface area contributed by atoms with E-state index >= 15 is 0 Å². The maximum Gasteiger partial charge on any atom is 0.357 e. The van der Waals surface area contributed by atoms with Gasteiger partial charge in [-0.3, -0.25) is 33.2 Å². The fourth-order valence-corrected chi connectivity index (χ4v) is 11.6. The summed E-state index contributed by atoms with van der Waals surface area (Å²) in [4.78, 5) is 23.0. The molecule has 0 fully saturated rings. The smallest absolute Gasteiger partial charge is 0.357 e. The molecule has 0 aliphatic rings. The number of aryl methyl sites for hydroxylation is 12. The van der Waals surface area contributed by atoms with E-state index in [1.807, 2.05) is 137 Å². The van der Waals surface area contributed by atoms with Gasteiger partial charge in [0.1, 0.15) is 34.9 Å². The van der Waals surface area contributed by atoms with Gasteiger partial charge < -0.3 is 9.69 Å². The largest absolute Gasteiger partial charge is 0.395 e. The molecule has 4 radical (unpaired) electrons. The summed E-state index contributed by atoms with van der Waals surface area (Å²) < 4.78 is 7.19. The molecule has 17 nitrogen and oxygen atoms in total. The Balaban J connectivity index is 0.000000208. The number of hydrogen-bond acceptors (Lipinski definition) is 9. The summed E-state index contributed by atoms with van der Waals surface area (Å²) >= 11 is 0. The summed E-state index contributed by atoms with van der Waals surface area (Å²) in [6.45, 7) is 53.5. The number of rotatable bonds is 9. The van der Waals surface area contributed by atoms with Crippen LogP contribution in [-0.4, -0.2) is 59.1 Å². The Morgan fingerprint density at radius 1 is 0.380 bits per heavy atom. The summed E-state index contributed by atoms with van der Waals surface area (Å²) in [6.07, 6.45) is 0. The van der Waals surface area contributed by atoms with Gasteiger partial charge in [-0.15, -0.1) is 142 Å². The van der Waals surface area contributed by atoms with E-state index < -0.39 is 0 Å². The minimum atomic E-state index is 0. The van der Waals surface area contributed by atoms with E-state index in [2.05, 4.69) is 173 Å². The van der Waals surface area contributed by atoms with Crippen LogP contribution in [0.4, 0.5) is 23.3 Å². The Morgan fingerprint density at radius 2 is 0.840 bits per heavy atom. The predicted octanol–water partition coefficient (Wildman–Crippen LogP) is 18.4. The molecule has 0 N–H and O–H groups in total. The van der Waals surface area contributed by atoms with Crippen LogP contribution in [0.3, 0.4) is 0 Å². The number of hydrogen-bond donors (Lipinski definition) is 0. The van der Waals surface area contributed by atoms with Gasteiger partial charge in [0.25, 0.3) is 0 Å². The van der Waals surface area contributed by atoms with Crippen LogP contribution >= 0.6 is 0 Å². The minimum absolute atomic E-state index is 0. The van der Waals surface area contributed by atoms with Crippen molar-refractivity contribution in [1.29, 1.82) is 5.26 Å². The van der Waals surface area contributed by atoms with Crippen LogP contribution in [0.25, 0.3) is 98.8 Å². The Bertz CT molecular complexity index is 5220. The Morgan fingerprint density at radius 3 is 1.34 bits per heavy atom. The van der Waals surface area contributed by atoms with Gasteiger partial charge in [0.15, 0.2) is 0 Å². The second-order valence-electron chi connectivity index (χ2n) is 23.0. The van der Waals surface area contributed by atoms with E-state index in [4.69, 9.17) is 26.3 Å². The van der Waals surface area contributed by atoms with Crippen molar-refractivity contribution >= 4 is 23.3 Å². The molecule has 0 spiro atoms. The van der Waals surface area contributed by atoms with Crippen LogP contribution in [-0.2, 0) is 80.4 Å². The number of benzene rings is 9. The molecule has 0 aliphatic carbocycles. The molecule has 0 saturated carbocycles. The third-order valence-electron chi connectivity index (χ3n) is 15.5. The predicted molar refractivity (Wildman–Crippen MR) is 375 cm³/mol. The van der Waals surface area contributed by atoms with Crippen LogP contribution in [0.15, 0.2) is 164 Å². The third kappa shape index (κ3) is 17.5. The van der Waals surface area contributed by atoms with Crippen LogP contribution < -0.4 is 0 Å². The molecule has 21 heteroatoms. The van der Waals surface area contributed by atoms with E-state index in [0.717, 1.165) is 101 Å². The van der Waals surface area contributed by atoms with Gasteiger partial charge in [-0.05, 0) is 137 Å². The Labute approximate surface area is 637 Å². The number of nitrogens with zero attached hydrogens (tertiary/aromatic N) is 17. The van der Waals surface area contributed by atoms with E-state index in [-0.39, 0.29) is 98.1 Å². The number of nitriles is 1. The molecule has 13 rings (SSSR count). The van der Waals surface area contributed by atoms with Crippen molar-refractivity contribution in [1.82, 2.24) is 59.1 Å². The zero-order chi connectivity index (χ0) is 68.3. The van der Waals surface area contributed by atoms with E-state index in [9.17, 15) is 5.26 Å².